The molecule has 0 unspecified atom stereocenters. The number of benzene rings is 2. The van der Waals surface area contributed by atoms with Gasteiger partial charge in [0.1, 0.15) is 10.7 Å². The van der Waals surface area contributed by atoms with E-state index < -0.39 is 37.8 Å². The molecule has 0 saturated carbocycles. The molecule has 11 heteroatoms. The molecule has 2 aromatic carbocycles. The molecule has 31 heavy (non-hydrogen) atoms. The largest absolute Gasteiger partial charge is 0.277 e. The number of nitrogens with one attached hydrogen (secondary N) is 2. The van der Waals surface area contributed by atoms with E-state index in [9.17, 15) is 17.2 Å². The Labute approximate surface area is 185 Å². The summed E-state index contributed by atoms with van der Waals surface area (Å²) < 4.78 is 56.5. The Kier molecular flexibility index (Phi) is 5.54. The van der Waals surface area contributed by atoms with Crippen LogP contribution in [0.25, 0.3) is 11.0 Å². The molecule has 4 rings (SSSR count). The maximum absolute atomic E-state index is 14.9. The number of fused-ring (bicyclic) bond motifs is 1. The maximum atomic E-state index is 14.9. The van der Waals surface area contributed by atoms with Crippen LogP contribution in [0.5, 0.6) is 0 Å². The second kappa shape index (κ2) is 8.15. The van der Waals surface area contributed by atoms with E-state index in [1.54, 1.807) is 6.07 Å². The van der Waals surface area contributed by atoms with Crippen LogP contribution in [0.2, 0.25) is 10.0 Å². The normalized spacial score (nSPS) is 11.2. The fourth-order valence-electron chi connectivity index (χ4n) is 2.72. The summed E-state index contributed by atoms with van der Waals surface area (Å²) in [4.78, 5) is 3.67. The van der Waals surface area contributed by atoms with Gasteiger partial charge >= 0.3 is 0 Å². The summed E-state index contributed by atoms with van der Waals surface area (Å²) in [7, 11) is -4.36. The zero-order valence-electron chi connectivity index (χ0n) is 15.2. The van der Waals surface area contributed by atoms with Crippen LogP contribution in [0.15, 0.2) is 53.7 Å². The lowest BCUT2D eigenvalue weighted by atomic mass is 10.1. The molecule has 0 amide bonds. The third-order valence-corrected chi connectivity index (χ3v) is 6.47. The minimum absolute atomic E-state index is 0.148. The monoisotopic (exact) mass is 478 g/mol. The second-order valence-corrected chi connectivity index (χ2v) is 8.66. The Bertz CT molecular complexity index is 1470. The first-order valence-corrected chi connectivity index (χ1v) is 10.8. The molecule has 0 spiro atoms. The van der Waals surface area contributed by atoms with Crippen LogP contribution in [0.4, 0.5) is 14.5 Å². The molecule has 0 bridgehead atoms. The number of hydrogen-bond acceptors (Lipinski definition) is 4. The number of aromatic nitrogens is 3. The molecule has 0 aliphatic carbocycles. The van der Waals surface area contributed by atoms with Gasteiger partial charge in [-0.3, -0.25) is 9.82 Å². The van der Waals surface area contributed by atoms with Crippen molar-refractivity contribution in [2.45, 2.75) is 4.90 Å². The van der Waals surface area contributed by atoms with E-state index >= 15 is 0 Å². The lowest BCUT2D eigenvalue weighted by molar-refractivity contribution is 0.578. The smallest absolute Gasteiger partial charge is 0.264 e. The highest BCUT2D eigenvalue weighted by Crippen LogP contribution is 2.31. The highest BCUT2D eigenvalue weighted by Gasteiger charge is 2.24. The quantitative estimate of drug-likeness (QED) is 0.416. The van der Waals surface area contributed by atoms with Crippen molar-refractivity contribution in [3.8, 4) is 11.8 Å². The lowest BCUT2D eigenvalue weighted by Crippen LogP contribution is -2.15. The predicted molar refractivity (Wildman–Crippen MR) is 113 cm³/mol. The molecule has 6 nitrogen and oxygen atoms in total. The molecule has 4 aromatic rings. The van der Waals surface area contributed by atoms with Crippen molar-refractivity contribution in [3.05, 3.63) is 81.6 Å². The minimum Gasteiger partial charge on any atom is -0.277 e. The van der Waals surface area contributed by atoms with Gasteiger partial charge in [0.2, 0.25) is 0 Å². The molecule has 0 aliphatic rings. The third-order valence-electron chi connectivity index (χ3n) is 4.15. The van der Waals surface area contributed by atoms with Crippen molar-refractivity contribution in [1.82, 2.24) is 15.2 Å². The van der Waals surface area contributed by atoms with Gasteiger partial charge in [-0.05, 0) is 30.3 Å². The Morgan fingerprint density at radius 1 is 1.03 bits per heavy atom. The van der Waals surface area contributed by atoms with E-state index in [1.165, 1.54) is 30.6 Å². The fourth-order valence-corrected chi connectivity index (χ4v) is 4.93. The van der Waals surface area contributed by atoms with Crippen LogP contribution in [0, 0.1) is 23.5 Å². The number of nitrogens with zero attached hydrogens (tertiary/aromatic N) is 2. The van der Waals surface area contributed by atoms with Gasteiger partial charge < -0.3 is 0 Å². The SMILES string of the molecule is O=S(=O)(Nc1ccc(F)c(C#Cc2cnc3[nH]ncc3c2)c1F)c1c(Cl)cccc1Cl. The molecule has 156 valence electrons. The third kappa shape index (κ3) is 4.18. The van der Waals surface area contributed by atoms with Gasteiger partial charge in [0.25, 0.3) is 10.0 Å². The van der Waals surface area contributed by atoms with Crippen LogP contribution in [-0.2, 0) is 10.0 Å². The van der Waals surface area contributed by atoms with Crippen molar-refractivity contribution in [2.24, 2.45) is 0 Å². The van der Waals surface area contributed by atoms with Crippen molar-refractivity contribution in [2.75, 3.05) is 4.72 Å². The van der Waals surface area contributed by atoms with E-state index in [4.69, 9.17) is 23.2 Å². The zero-order chi connectivity index (χ0) is 22.2. The van der Waals surface area contributed by atoms with E-state index in [-0.39, 0.29) is 10.0 Å². The lowest BCUT2D eigenvalue weighted by Gasteiger charge is -2.12. The molecule has 0 aliphatic heterocycles. The average molecular weight is 479 g/mol. The van der Waals surface area contributed by atoms with Crippen LogP contribution in [0.1, 0.15) is 11.1 Å². The molecule has 2 N–H and O–H groups in total. The molecule has 2 heterocycles. The Morgan fingerprint density at radius 3 is 2.52 bits per heavy atom. The first kappa shape index (κ1) is 21.1. The summed E-state index contributed by atoms with van der Waals surface area (Å²) in [6.07, 6.45) is 2.94. The summed E-state index contributed by atoms with van der Waals surface area (Å²) in [6.45, 7) is 0. The fraction of sp³-hybridized carbons (Fsp3) is 0. The number of sulfonamides is 1. The van der Waals surface area contributed by atoms with Crippen LogP contribution in [-0.4, -0.2) is 23.6 Å². The van der Waals surface area contributed by atoms with Crippen LogP contribution in [0.3, 0.4) is 0 Å². The standard InChI is InChI=1S/C20H10Cl2F2N4O2S/c21-14-2-1-3-15(22)19(14)31(29,30)28-17-7-6-16(23)13(18(17)24)5-4-11-8-12-10-26-27-20(12)25-9-11/h1-3,6-10,28H,(H,25,26,27). The average Bonchev–Trinajstić information content (AvgIpc) is 3.17. The number of H-pyrrole nitrogens is 1. The zero-order valence-corrected chi connectivity index (χ0v) is 17.6. The molecular formula is C20H10Cl2F2N4O2S. The van der Waals surface area contributed by atoms with Crippen LogP contribution >= 0.6 is 23.2 Å². The number of anilines is 1. The van der Waals surface area contributed by atoms with Gasteiger partial charge in [-0.2, -0.15) is 5.10 Å². The number of hydrogen-bond donors (Lipinski definition) is 2. The first-order valence-electron chi connectivity index (χ1n) is 8.52. The van der Waals surface area contributed by atoms with E-state index in [2.05, 4.69) is 27.0 Å². The van der Waals surface area contributed by atoms with Crippen molar-refractivity contribution < 1.29 is 17.2 Å². The Morgan fingerprint density at radius 2 is 1.77 bits per heavy atom. The van der Waals surface area contributed by atoms with E-state index in [1.807, 2.05) is 4.72 Å². The molecule has 0 radical (unpaired) electrons. The molecule has 0 saturated heterocycles. The number of rotatable bonds is 3. The minimum atomic E-state index is -4.36. The van der Waals surface area contributed by atoms with Gasteiger partial charge in [0.15, 0.2) is 11.5 Å². The summed E-state index contributed by atoms with van der Waals surface area (Å²) >= 11 is 11.9. The van der Waals surface area contributed by atoms with Gasteiger partial charge in [-0.1, -0.05) is 41.1 Å². The summed E-state index contributed by atoms with van der Waals surface area (Å²) in [5.41, 5.74) is -0.193. The van der Waals surface area contributed by atoms with Gasteiger partial charge in [-0.25, -0.2) is 22.2 Å². The molecule has 0 fully saturated rings. The van der Waals surface area contributed by atoms with Crippen molar-refractivity contribution in [1.29, 1.82) is 0 Å². The summed E-state index contributed by atoms with van der Waals surface area (Å²) in [6, 6.07) is 7.59. The van der Waals surface area contributed by atoms with Gasteiger partial charge in [-0.15, -0.1) is 0 Å². The van der Waals surface area contributed by atoms with Crippen molar-refractivity contribution >= 4 is 49.9 Å². The van der Waals surface area contributed by atoms with E-state index in [0.717, 1.165) is 12.1 Å². The Hall–Kier alpha value is -3.19. The van der Waals surface area contributed by atoms with Gasteiger partial charge in [0, 0.05) is 17.1 Å². The predicted octanol–water partition coefficient (Wildman–Crippen LogP) is 4.74. The van der Waals surface area contributed by atoms with Gasteiger partial charge in [0.05, 0.1) is 27.5 Å². The molecular weight excluding hydrogens is 469 g/mol. The second-order valence-electron chi connectivity index (χ2n) is 6.22. The summed E-state index contributed by atoms with van der Waals surface area (Å²) in [5, 5.41) is 6.88. The topological polar surface area (TPSA) is 87.7 Å². The number of aromatic amines is 1. The summed E-state index contributed by atoms with van der Waals surface area (Å²) in [5.74, 6) is 2.86. The maximum Gasteiger partial charge on any atom is 0.264 e. The van der Waals surface area contributed by atoms with Crippen molar-refractivity contribution in [3.63, 3.8) is 0 Å². The highest BCUT2D eigenvalue weighted by atomic mass is 35.5. The molecule has 0 atom stereocenters. The number of pyridine rings is 1. The highest BCUT2D eigenvalue weighted by molar-refractivity contribution is 7.93. The first-order chi connectivity index (χ1) is 14.8. The number of halogens is 4. The van der Waals surface area contributed by atoms with Crippen LogP contribution < -0.4 is 4.72 Å². The Balaban J connectivity index is 1.71. The van der Waals surface area contributed by atoms with E-state index in [0.29, 0.717) is 16.6 Å². The molecule has 2 aromatic heterocycles.